The van der Waals surface area contributed by atoms with Gasteiger partial charge in [-0.05, 0) is 60.7 Å². The van der Waals surface area contributed by atoms with E-state index in [1.807, 2.05) is 79.9 Å². The van der Waals surface area contributed by atoms with Gasteiger partial charge in [-0.1, -0.05) is 42.1 Å². The maximum Gasteiger partial charge on any atom is 0.272 e. The molecule has 0 saturated carbocycles. The molecule has 3 aromatic rings. The molecule has 3 nitrogen and oxygen atoms in total. The number of carbonyl (C=O) groups excluding carboxylic acids is 2. The molecule has 2 aromatic carbocycles. The molecule has 0 N–H and O–H groups in total. The number of hydrogen-bond acceptors (Lipinski definition) is 4. The Kier molecular flexibility index (Phi) is 4.72. The Morgan fingerprint density at radius 1 is 0.852 bits per heavy atom. The number of carbonyl (C=O) groups is 2. The van der Waals surface area contributed by atoms with Crippen LogP contribution in [-0.2, 0) is 9.59 Å². The zero-order chi connectivity index (χ0) is 19.0. The average Bonchev–Trinajstić information content (AvgIpc) is 3.22. The quantitative estimate of drug-likeness (QED) is 0.556. The van der Waals surface area contributed by atoms with Crippen LogP contribution >= 0.6 is 23.1 Å². The van der Waals surface area contributed by atoms with Crippen molar-refractivity contribution in [1.82, 2.24) is 0 Å². The van der Waals surface area contributed by atoms with E-state index in [1.54, 1.807) is 0 Å². The second-order valence-corrected chi connectivity index (χ2v) is 8.42. The first-order valence-corrected chi connectivity index (χ1v) is 10.2. The fourth-order valence-corrected chi connectivity index (χ4v) is 5.00. The zero-order valence-electron chi connectivity index (χ0n) is 14.9. The average molecular weight is 392 g/mol. The predicted molar refractivity (Wildman–Crippen MR) is 112 cm³/mol. The van der Waals surface area contributed by atoms with Crippen molar-refractivity contribution in [3.63, 3.8) is 0 Å². The lowest BCUT2D eigenvalue weighted by Crippen LogP contribution is -2.31. The molecule has 1 aliphatic rings. The van der Waals surface area contributed by atoms with Crippen LogP contribution in [0.2, 0.25) is 0 Å². The third-order valence-corrected chi connectivity index (χ3v) is 6.21. The molecule has 2 heterocycles. The fourth-order valence-electron chi connectivity index (χ4n) is 3.16. The van der Waals surface area contributed by atoms with Gasteiger partial charge in [0.05, 0.1) is 16.2 Å². The summed E-state index contributed by atoms with van der Waals surface area (Å²) >= 11 is 2.82. The number of thioether (sulfide) groups is 1. The Bertz CT molecular complexity index is 1030. The summed E-state index contributed by atoms with van der Waals surface area (Å²) in [4.78, 5) is 30.1. The number of aryl methyl sites for hydroxylation is 2. The lowest BCUT2D eigenvalue weighted by atomic mass is 10.1. The maximum atomic E-state index is 13.3. The van der Waals surface area contributed by atoms with Crippen LogP contribution in [0.3, 0.4) is 0 Å². The number of benzene rings is 2. The normalized spacial score (nSPS) is 14.4. The summed E-state index contributed by atoms with van der Waals surface area (Å²) in [5.74, 6) is -0.520. The molecule has 0 aliphatic carbocycles. The van der Waals surface area contributed by atoms with Crippen molar-refractivity contribution in [2.75, 3.05) is 4.90 Å². The van der Waals surface area contributed by atoms with Crippen LogP contribution in [0.15, 0.2) is 75.8 Å². The Morgan fingerprint density at radius 3 is 2.19 bits per heavy atom. The van der Waals surface area contributed by atoms with Gasteiger partial charge in [-0.3, -0.25) is 9.59 Å². The molecule has 0 radical (unpaired) electrons. The Morgan fingerprint density at radius 2 is 1.56 bits per heavy atom. The molecule has 0 fully saturated rings. The van der Waals surface area contributed by atoms with Gasteiger partial charge in [0.1, 0.15) is 0 Å². The number of hydrogen-bond donors (Lipinski definition) is 0. The van der Waals surface area contributed by atoms with E-state index in [4.69, 9.17) is 0 Å². The minimum absolute atomic E-state index is 0.258. The van der Waals surface area contributed by atoms with Gasteiger partial charge in [0.2, 0.25) is 0 Å². The fraction of sp³-hybridized carbons (Fsp3) is 0.0909. The van der Waals surface area contributed by atoms with Gasteiger partial charge in [0.15, 0.2) is 0 Å². The van der Waals surface area contributed by atoms with Crippen molar-refractivity contribution in [3.8, 4) is 0 Å². The molecule has 0 saturated heterocycles. The van der Waals surface area contributed by atoms with Crippen LogP contribution in [0.25, 0.3) is 5.57 Å². The van der Waals surface area contributed by atoms with Crippen LogP contribution in [0.5, 0.6) is 0 Å². The summed E-state index contributed by atoms with van der Waals surface area (Å²) in [6, 6.07) is 19.3. The van der Waals surface area contributed by atoms with Crippen molar-refractivity contribution in [1.29, 1.82) is 0 Å². The van der Waals surface area contributed by atoms with Crippen molar-refractivity contribution < 1.29 is 9.59 Å². The molecule has 134 valence electrons. The van der Waals surface area contributed by atoms with E-state index in [1.165, 1.54) is 28.0 Å². The van der Waals surface area contributed by atoms with Gasteiger partial charge in [0, 0.05) is 9.77 Å². The van der Waals surface area contributed by atoms with Crippen molar-refractivity contribution in [3.05, 3.63) is 87.0 Å². The summed E-state index contributed by atoms with van der Waals surface area (Å²) in [7, 11) is 0. The molecule has 1 aromatic heterocycles. The molecule has 5 heteroatoms. The molecule has 4 rings (SSSR count). The van der Waals surface area contributed by atoms with Gasteiger partial charge >= 0.3 is 0 Å². The summed E-state index contributed by atoms with van der Waals surface area (Å²) in [6.07, 6.45) is 0. The van der Waals surface area contributed by atoms with Crippen LogP contribution in [-0.4, -0.2) is 11.8 Å². The predicted octanol–water partition coefficient (Wildman–Crippen LogP) is 5.44. The monoisotopic (exact) mass is 391 g/mol. The number of amides is 2. The summed E-state index contributed by atoms with van der Waals surface area (Å²) < 4.78 is 0. The highest BCUT2D eigenvalue weighted by atomic mass is 32.2. The second-order valence-electron chi connectivity index (χ2n) is 6.39. The highest BCUT2D eigenvalue weighted by Crippen LogP contribution is 2.42. The van der Waals surface area contributed by atoms with E-state index < -0.39 is 0 Å². The Hall–Kier alpha value is -2.63. The summed E-state index contributed by atoms with van der Waals surface area (Å²) in [6.45, 7) is 3.93. The van der Waals surface area contributed by atoms with Gasteiger partial charge in [-0.15, -0.1) is 11.3 Å². The summed E-state index contributed by atoms with van der Waals surface area (Å²) in [5.41, 5.74) is 3.16. The number of imide groups is 1. The largest absolute Gasteiger partial charge is 0.272 e. The lowest BCUT2D eigenvalue weighted by Gasteiger charge is -2.16. The molecule has 0 unspecified atom stereocenters. The van der Waals surface area contributed by atoms with Crippen molar-refractivity contribution in [2.24, 2.45) is 0 Å². The van der Waals surface area contributed by atoms with Crippen LogP contribution in [0, 0.1) is 13.8 Å². The third-order valence-electron chi connectivity index (χ3n) is 4.24. The van der Waals surface area contributed by atoms with Crippen LogP contribution in [0.4, 0.5) is 5.69 Å². The van der Waals surface area contributed by atoms with E-state index in [0.717, 1.165) is 20.9 Å². The van der Waals surface area contributed by atoms with E-state index in [0.29, 0.717) is 16.2 Å². The number of nitrogens with zero attached hydrogens (tertiary/aromatic N) is 1. The Balaban J connectivity index is 1.82. The SMILES string of the molecule is Cc1cc(C)cc(N2C(=O)C(Sc3ccccc3)=C(c3cccs3)C2=O)c1. The second kappa shape index (κ2) is 7.18. The standard InChI is InChI=1S/C22H17NO2S2/c1-14-11-15(2)13-16(12-14)23-21(24)19(18-9-6-10-26-18)20(22(23)25)27-17-7-4-3-5-8-17/h3-13H,1-2H3. The Labute approximate surface area is 166 Å². The highest BCUT2D eigenvalue weighted by Gasteiger charge is 2.41. The number of anilines is 1. The zero-order valence-corrected chi connectivity index (χ0v) is 16.6. The van der Waals surface area contributed by atoms with E-state index in [9.17, 15) is 9.59 Å². The molecule has 2 amide bonds. The minimum atomic E-state index is -0.262. The third kappa shape index (κ3) is 3.36. The highest BCUT2D eigenvalue weighted by molar-refractivity contribution is 8.04. The number of thiophene rings is 1. The molecule has 0 bridgehead atoms. The molecular formula is C22H17NO2S2. The van der Waals surface area contributed by atoms with Gasteiger partial charge in [0.25, 0.3) is 11.8 Å². The first kappa shape index (κ1) is 17.8. The molecule has 0 atom stereocenters. The van der Waals surface area contributed by atoms with Crippen molar-refractivity contribution in [2.45, 2.75) is 18.7 Å². The lowest BCUT2D eigenvalue weighted by molar-refractivity contribution is -0.119. The molecule has 0 spiro atoms. The molecular weight excluding hydrogens is 374 g/mol. The summed E-state index contributed by atoms with van der Waals surface area (Å²) in [5, 5.41) is 1.92. The van der Waals surface area contributed by atoms with E-state index in [-0.39, 0.29) is 11.8 Å². The van der Waals surface area contributed by atoms with E-state index in [2.05, 4.69) is 0 Å². The van der Waals surface area contributed by atoms with Gasteiger partial charge in [-0.25, -0.2) is 4.90 Å². The first-order valence-electron chi connectivity index (χ1n) is 8.53. The van der Waals surface area contributed by atoms with E-state index >= 15 is 0 Å². The number of rotatable bonds is 4. The van der Waals surface area contributed by atoms with Gasteiger partial charge < -0.3 is 0 Å². The molecule has 27 heavy (non-hydrogen) atoms. The smallest absolute Gasteiger partial charge is 0.268 e. The maximum absolute atomic E-state index is 13.3. The van der Waals surface area contributed by atoms with Crippen LogP contribution < -0.4 is 4.90 Å². The van der Waals surface area contributed by atoms with Gasteiger partial charge in [-0.2, -0.15) is 0 Å². The minimum Gasteiger partial charge on any atom is -0.268 e. The first-order chi connectivity index (χ1) is 13.0. The molecule has 1 aliphatic heterocycles. The van der Waals surface area contributed by atoms with Crippen LogP contribution in [0.1, 0.15) is 16.0 Å². The topological polar surface area (TPSA) is 37.4 Å². The van der Waals surface area contributed by atoms with Crippen molar-refractivity contribution >= 4 is 46.2 Å².